The maximum atomic E-state index is 5.51. The van der Waals surface area contributed by atoms with Gasteiger partial charge in [-0.2, -0.15) is 0 Å². The molecule has 36 heteroatoms. The van der Waals surface area contributed by atoms with Gasteiger partial charge < -0.3 is 0 Å². The third kappa shape index (κ3) is 6.22. The van der Waals surface area contributed by atoms with E-state index in [-0.39, 0.29) is 0 Å². The van der Waals surface area contributed by atoms with E-state index in [9.17, 15) is 0 Å². The number of rotatable bonds is 0. The van der Waals surface area contributed by atoms with Crippen molar-refractivity contribution >= 4 is 476 Å². The molecule has 0 aliphatic rings. The smallest absolute Gasteiger partial charge is 0.120 e. The summed E-state index contributed by atoms with van der Waals surface area (Å²) < 4.78 is 0. The number of aromatic nitrogens is 36. The van der Waals surface area contributed by atoms with Crippen molar-refractivity contribution in [2.45, 2.75) is 0 Å². The van der Waals surface area contributed by atoms with Crippen LogP contribution in [-0.2, 0) is 0 Å². The monoisotopic (exact) mass is 1680 g/mol. The van der Waals surface area contributed by atoms with E-state index in [1.54, 1.807) is 0 Å². The SMILES string of the molecule is C=c1c(=C)c2nc3c(nc12)c1nc2c4nc5c6nc7c(=C)c(=C)c7nc6c6nc7c8nc9c%10nc%11c(=C)c(=C)c%11nc%10c%10nc%11c%12nc%13c%14nc%15c(=C)c(=C)c%15nc%14c%14nc%15c%16nc%17c%18nc%19c(=C)c(=C)c%19nc%18c%18nc%19c%20nc%21c%22nc%23c(=C)c(=C)c%23nc%22c%22nc%23c%24nc3c3nc%24c%23nc%22c%21nc%20c%19nc%18c%17nc%16c%15nc%14c%13nc%12c%11nc%10c9nc8c7nc6c5nc4c2nc13. The Bertz CT molecular complexity index is 10800. The van der Waals surface area contributed by atoms with Crippen LogP contribution in [0, 0.1) is 0 Å². The van der Waals surface area contributed by atoms with Crippen molar-refractivity contribution in [2.75, 3.05) is 0 Å². The van der Waals surface area contributed by atoms with Gasteiger partial charge in [-0.3, -0.25) is 0 Å². The average Bonchev–Trinajstić information content (AvgIpc) is 0.680. The molecular formula is C96H24N36. The maximum Gasteiger partial charge on any atom is 0.120 e. The summed E-state index contributed by atoms with van der Waals surface area (Å²) in [6.45, 7) is 51.8. The first-order valence-corrected chi connectivity index (χ1v) is 41.3. The van der Waals surface area contributed by atoms with Gasteiger partial charge in [0.2, 0.25) is 0 Å². The molecule has 37 aromatic rings. The van der Waals surface area contributed by atoms with Crippen molar-refractivity contribution in [1.82, 2.24) is 179 Å². The minimum absolute atomic E-state index is 0.337. The average molecular weight is 1680 g/mol. The lowest BCUT2D eigenvalue weighted by Gasteiger charge is -2.18. The first-order chi connectivity index (χ1) is 64.3. The third-order valence-corrected chi connectivity index (χ3v) is 28.5. The number of fused-ring (bicyclic) bond motifs is 30. The molecule has 0 unspecified atom stereocenters. The summed E-state index contributed by atoms with van der Waals surface area (Å²) in [5, 5.41) is 7.64. The lowest BCUT2D eigenvalue weighted by Crippen LogP contribution is -2.32. The Morgan fingerprint density at radius 1 is 0.0530 bits per heavy atom. The van der Waals surface area contributed by atoms with Gasteiger partial charge in [-0.1, -0.05) is 78.9 Å². The second-order valence-corrected chi connectivity index (χ2v) is 34.9. The Balaban J connectivity index is 0.687. The van der Waals surface area contributed by atoms with E-state index in [1.165, 1.54) is 0 Å². The molecule has 36 nitrogen and oxygen atoms in total. The minimum atomic E-state index is 0.337. The molecule has 0 saturated carbocycles. The van der Waals surface area contributed by atoms with Gasteiger partial charge in [0.15, 0.2) is 0 Å². The Morgan fingerprint density at radius 3 is 0.121 bits per heavy atom. The molecule has 0 fully saturated rings. The third-order valence-electron chi connectivity index (χ3n) is 28.5. The molecule has 19 heterocycles. The van der Waals surface area contributed by atoms with Gasteiger partial charge in [-0.25, -0.2) is 179 Å². The highest BCUT2D eigenvalue weighted by Gasteiger charge is 2.37. The van der Waals surface area contributed by atoms with Crippen molar-refractivity contribution in [3.8, 4) is 0 Å². The van der Waals surface area contributed by atoms with Gasteiger partial charge in [0, 0.05) is 62.6 Å². The molecule has 37 rings (SSSR count). The molecule has 588 valence electrons. The van der Waals surface area contributed by atoms with Crippen LogP contribution in [0.5, 0.6) is 0 Å². The van der Waals surface area contributed by atoms with Gasteiger partial charge in [0.25, 0.3) is 0 Å². The maximum absolute atomic E-state index is 5.51. The van der Waals surface area contributed by atoms with Crippen LogP contribution in [0.2, 0.25) is 0 Å². The Kier molecular flexibility index (Phi) is 9.02. The highest BCUT2D eigenvalue weighted by atomic mass is 15.1. The number of hydrogen-bond donors (Lipinski definition) is 0. The second-order valence-electron chi connectivity index (χ2n) is 34.9. The van der Waals surface area contributed by atoms with E-state index in [4.69, 9.17) is 179 Å². The Morgan fingerprint density at radius 2 is 0.0833 bits per heavy atom. The van der Waals surface area contributed by atoms with Gasteiger partial charge in [-0.15, -0.1) is 0 Å². The molecule has 0 aliphatic heterocycles. The standard InChI is InChI=1S/C96H24N36/c1-13-14(2)26-25(13)97-37-38(98-26)50-62-61-49(37)109-73-74-86(85(73)121-61)123-63-51(111-74)39-40(100-28-16(4)15(3)27(28)99-39)53-65(63)125-89-77(113-53)78-90(89)127-67-55(115-78)43-44(104-32-20(8)19(7)31(32)103-43)56-68(67)129-93-81(117-56)82-94(93)131-71-59(119-82)47-48(108-36-24(12)23(11)35(36)107-47)60-72(71)132-96-84(120-60)83-95(96)130-70-58(118-83)46-45(105-33-21(9)22(10)34(33)106-46)57-69(70)128-92-80(116-57)79-91(92)126-66-54(114-79)42-41(101-29-17(5)18(6)30(29)102-42)52-64(66)124-88-76(112-52)75(110-50)87(88)122-62/h1-12H2. The van der Waals surface area contributed by atoms with Gasteiger partial charge in [-0.05, 0) is 0 Å². The van der Waals surface area contributed by atoms with Crippen molar-refractivity contribution in [2.24, 2.45) is 0 Å². The van der Waals surface area contributed by atoms with Crippen LogP contribution < -0.4 is 62.6 Å². The largest absolute Gasteiger partial charge is 0.241 e. The van der Waals surface area contributed by atoms with E-state index in [2.05, 4.69) is 78.9 Å². The molecule has 0 aliphatic carbocycles. The van der Waals surface area contributed by atoms with E-state index in [1.807, 2.05) is 0 Å². The number of benzene rings is 6. The Hall–Kier alpha value is -19.7. The molecule has 0 N–H and O–H groups in total. The molecular weight excluding hydrogens is 1660 g/mol. The highest BCUT2D eigenvalue weighted by molar-refractivity contribution is 6.38. The summed E-state index contributed by atoms with van der Waals surface area (Å²) in [6, 6.07) is 0. The van der Waals surface area contributed by atoms with E-state index in [0.29, 0.717) is 460 Å². The van der Waals surface area contributed by atoms with Crippen LogP contribution in [0.25, 0.3) is 476 Å². The fourth-order valence-electron chi connectivity index (χ4n) is 21.2. The normalized spacial score (nSPS) is 13.8. The second kappa shape index (κ2) is 18.8. The molecule has 0 radical (unpaired) electrons. The molecule has 19 aromatic heterocycles. The summed E-state index contributed by atoms with van der Waals surface area (Å²) in [6.07, 6.45) is 0. The Labute approximate surface area is 714 Å². The number of hydrogen-bond acceptors (Lipinski definition) is 36. The first-order valence-electron chi connectivity index (χ1n) is 41.3. The lowest BCUT2D eigenvalue weighted by molar-refractivity contribution is 1.28. The highest BCUT2D eigenvalue weighted by Crippen LogP contribution is 2.49. The molecule has 0 spiro atoms. The van der Waals surface area contributed by atoms with Crippen molar-refractivity contribution in [3.63, 3.8) is 0 Å². The zero-order chi connectivity index (χ0) is 86.0. The predicted octanol–water partition coefficient (Wildman–Crippen LogP) is 5.91. The predicted molar refractivity (Wildman–Crippen MR) is 507 cm³/mol. The van der Waals surface area contributed by atoms with E-state index < -0.39 is 0 Å². The van der Waals surface area contributed by atoms with E-state index >= 15 is 0 Å². The summed E-state index contributed by atoms with van der Waals surface area (Å²) in [7, 11) is 0. The first kappa shape index (κ1) is 63.3. The van der Waals surface area contributed by atoms with Crippen LogP contribution in [0.3, 0.4) is 0 Å². The minimum Gasteiger partial charge on any atom is -0.241 e. The molecule has 132 heavy (non-hydrogen) atoms. The van der Waals surface area contributed by atoms with Crippen LogP contribution in [0.4, 0.5) is 0 Å². The summed E-state index contributed by atoms with van der Waals surface area (Å²) >= 11 is 0. The zero-order valence-electron chi connectivity index (χ0n) is 66.6. The van der Waals surface area contributed by atoms with E-state index in [0.717, 1.165) is 0 Å². The molecule has 0 amide bonds. The fourth-order valence-corrected chi connectivity index (χ4v) is 21.2. The summed E-state index contributed by atoms with van der Waals surface area (Å²) in [4.78, 5) is 195. The summed E-state index contributed by atoms with van der Waals surface area (Å²) in [5.74, 6) is 0. The lowest BCUT2D eigenvalue weighted by atomic mass is 10.1. The molecule has 0 atom stereocenters. The fraction of sp³-hybridized carbons (Fsp3) is 0. The van der Waals surface area contributed by atoms with Crippen molar-refractivity contribution < 1.29 is 0 Å². The topological polar surface area (TPSA) is 464 Å². The zero-order valence-corrected chi connectivity index (χ0v) is 66.6. The van der Waals surface area contributed by atoms with Gasteiger partial charge in [0.05, 0.1) is 66.2 Å². The van der Waals surface area contributed by atoms with Crippen molar-refractivity contribution in [3.05, 3.63) is 62.6 Å². The van der Waals surface area contributed by atoms with Crippen LogP contribution in [0.1, 0.15) is 0 Å². The molecule has 24 bridgehead atoms. The molecule has 18 aromatic carbocycles. The van der Waals surface area contributed by atoms with Gasteiger partial charge in [0.1, 0.15) is 331 Å². The van der Waals surface area contributed by atoms with Gasteiger partial charge >= 0.3 is 0 Å². The van der Waals surface area contributed by atoms with Crippen molar-refractivity contribution in [1.29, 1.82) is 0 Å². The van der Waals surface area contributed by atoms with Crippen LogP contribution in [-0.4, -0.2) is 179 Å². The quantitative estimate of drug-likeness (QED) is 0.159. The molecule has 0 saturated heterocycles. The number of nitrogens with zero attached hydrogens (tertiary/aromatic N) is 36. The van der Waals surface area contributed by atoms with Crippen LogP contribution in [0.15, 0.2) is 0 Å². The van der Waals surface area contributed by atoms with Crippen LogP contribution >= 0.6 is 0 Å². The summed E-state index contributed by atoms with van der Waals surface area (Å²) in [5.41, 5.74) is 29.8.